The van der Waals surface area contributed by atoms with E-state index in [0.29, 0.717) is 17.9 Å². The molecule has 0 radical (unpaired) electrons. The van der Waals surface area contributed by atoms with Gasteiger partial charge in [-0.2, -0.15) is 0 Å². The number of nitrogens with one attached hydrogen (secondary N) is 1. The van der Waals surface area contributed by atoms with Crippen LogP contribution in [0.4, 0.5) is 11.5 Å². The summed E-state index contributed by atoms with van der Waals surface area (Å²) in [6, 6.07) is 11.2. The van der Waals surface area contributed by atoms with Crippen LogP contribution in [0.1, 0.15) is 12.5 Å². The Morgan fingerprint density at radius 3 is 2.69 bits per heavy atom. The van der Waals surface area contributed by atoms with Crippen LogP contribution >= 0.6 is 0 Å². The molecule has 0 fully saturated rings. The molecule has 0 aliphatic heterocycles. The highest BCUT2D eigenvalue weighted by Crippen LogP contribution is 2.29. The molecule has 0 saturated carbocycles. The van der Waals surface area contributed by atoms with E-state index in [0.717, 1.165) is 11.3 Å². The summed E-state index contributed by atoms with van der Waals surface area (Å²) >= 11 is 0. The van der Waals surface area contributed by atoms with Crippen molar-refractivity contribution in [3.8, 4) is 22.8 Å². The zero-order valence-electron chi connectivity index (χ0n) is 15.7. The molecule has 1 N–H and O–H groups in total. The standard InChI is InChI=1S/C19H18N4O6/c1-3-27-15-9-8-13(10-12(15)2)18-19(22-29-21-18)20-17(24)11-28-16-7-5-4-6-14(16)23(25)26/h4-10H,3,11H2,1-2H3,(H,20,22,24). The van der Waals surface area contributed by atoms with Crippen molar-refractivity contribution in [1.82, 2.24) is 10.3 Å². The molecule has 10 heteroatoms. The van der Waals surface area contributed by atoms with Gasteiger partial charge in [-0.15, -0.1) is 0 Å². The van der Waals surface area contributed by atoms with E-state index in [-0.39, 0.29) is 17.3 Å². The molecule has 10 nitrogen and oxygen atoms in total. The fourth-order valence-electron chi connectivity index (χ4n) is 2.62. The number of hydrogen-bond acceptors (Lipinski definition) is 8. The van der Waals surface area contributed by atoms with E-state index in [1.54, 1.807) is 18.2 Å². The molecular weight excluding hydrogens is 380 g/mol. The normalized spacial score (nSPS) is 10.4. The van der Waals surface area contributed by atoms with Gasteiger partial charge in [0.15, 0.2) is 18.1 Å². The van der Waals surface area contributed by atoms with Crippen molar-refractivity contribution in [2.45, 2.75) is 13.8 Å². The summed E-state index contributed by atoms with van der Waals surface area (Å²) in [6.45, 7) is 3.89. The van der Waals surface area contributed by atoms with Crippen LogP contribution in [-0.2, 0) is 4.79 Å². The number of benzene rings is 2. The molecule has 29 heavy (non-hydrogen) atoms. The average molecular weight is 398 g/mol. The second-order valence-electron chi connectivity index (χ2n) is 5.94. The Hall–Kier alpha value is -3.95. The largest absolute Gasteiger partial charge is 0.494 e. The van der Waals surface area contributed by atoms with Gasteiger partial charge in [-0.05, 0) is 54.0 Å². The van der Waals surface area contributed by atoms with Gasteiger partial charge in [-0.1, -0.05) is 12.1 Å². The van der Waals surface area contributed by atoms with E-state index in [4.69, 9.17) is 14.1 Å². The van der Waals surface area contributed by atoms with Crippen LogP contribution in [0.2, 0.25) is 0 Å². The van der Waals surface area contributed by atoms with Gasteiger partial charge < -0.3 is 14.8 Å². The number of para-hydroxylation sites is 2. The van der Waals surface area contributed by atoms with E-state index in [2.05, 4.69) is 15.6 Å². The highest BCUT2D eigenvalue weighted by molar-refractivity contribution is 5.94. The molecule has 0 spiro atoms. The first-order valence-electron chi connectivity index (χ1n) is 8.72. The highest BCUT2D eigenvalue weighted by atomic mass is 16.6. The summed E-state index contributed by atoms with van der Waals surface area (Å²) < 4.78 is 15.5. The summed E-state index contributed by atoms with van der Waals surface area (Å²) in [4.78, 5) is 22.6. The van der Waals surface area contributed by atoms with Crippen molar-refractivity contribution in [2.75, 3.05) is 18.5 Å². The molecule has 150 valence electrons. The third-order valence-corrected chi connectivity index (χ3v) is 3.92. The number of hydrogen-bond donors (Lipinski definition) is 1. The summed E-state index contributed by atoms with van der Waals surface area (Å²) in [5.41, 5.74) is 1.69. The number of aromatic nitrogens is 2. The Labute approximate surface area is 165 Å². The maximum absolute atomic E-state index is 12.2. The number of amides is 1. The lowest BCUT2D eigenvalue weighted by atomic mass is 10.1. The van der Waals surface area contributed by atoms with Crippen molar-refractivity contribution in [1.29, 1.82) is 0 Å². The number of carbonyl (C=O) groups is 1. The lowest BCUT2D eigenvalue weighted by molar-refractivity contribution is -0.385. The predicted octanol–water partition coefficient (Wildman–Crippen LogP) is 3.37. The second-order valence-corrected chi connectivity index (χ2v) is 5.94. The van der Waals surface area contributed by atoms with E-state index >= 15 is 0 Å². The van der Waals surface area contributed by atoms with Gasteiger partial charge in [-0.25, -0.2) is 4.63 Å². The van der Waals surface area contributed by atoms with Gasteiger partial charge in [0, 0.05) is 11.6 Å². The van der Waals surface area contributed by atoms with Crippen LogP contribution < -0.4 is 14.8 Å². The summed E-state index contributed by atoms with van der Waals surface area (Å²) in [5, 5.41) is 21.1. The van der Waals surface area contributed by atoms with E-state index in [1.165, 1.54) is 18.2 Å². The van der Waals surface area contributed by atoms with Crippen LogP contribution in [-0.4, -0.2) is 34.4 Å². The minimum absolute atomic E-state index is 0.00621. The van der Waals surface area contributed by atoms with Gasteiger partial charge >= 0.3 is 5.69 Å². The number of nitro groups is 1. The zero-order chi connectivity index (χ0) is 20.8. The minimum atomic E-state index is -0.582. The molecule has 1 aromatic heterocycles. The monoisotopic (exact) mass is 398 g/mol. The van der Waals surface area contributed by atoms with E-state index in [1.807, 2.05) is 19.9 Å². The first-order valence-corrected chi connectivity index (χ1v) is 8.72. The smallest absolute Gasteiger partial charge is 0.310 e. The van der Waals surface area contributed by atoms with Crippen LogP contribution in [0.25, 0.3) is 11.3 Å². The highest BCUT2D eigenvalue weighted by Gasteiger charge is 2.18. The number of rotatable bonds is 8. The molecule has 2 aromatic carbocycles. The average Bonchev–Trinajstić information content (AvgIpc) is 3.16. The van der Waals surface area contributed by atoms with Crippen molar-refractivity contribution >= 4 is 17.4 Å². The molecule has 0 bridgehead atoms. The SMILES string of the molecule is CCOc1ccc(-c2nonc2NC(=O)COc2ccccc2[N+](=O)[O-])cc1C. The van der Waals surface area contributed by atoms with Crippen molar-refractivity contribution in [3.63, 3.8) is 0 Å². The molecule has 0 aliphatic rings. The quantitative estimate of drug-likeness (QED) is 0.451. The first-order chi connectivity index (χ1) is 14.0. The fourth-order valence-corrected chi connectivity index (χ4v) is 2.62. The van der Waals surface area contributed by atoms with Gasteiger partial charge in [0.1, 0.15) is 5.75 Å². The van der Waals surface area contributed by atoms with Crippen LogP contribution in [0.5, 0.6) is 11.5 Å². The van der Waals surface area contributed by atoms with Crippen LogP contribution in [0.3, 0.4) is 0 Å². The number of nitro benzene ring substituents is 1. The Bertz CT molecular complexity index is 1030. The van der Waals surface area contributed by atoms with Gasteiger partial charge in [-0.3, -0.25) is 14.9 Å². The molecular formula is C19H18N4O6. The number of anilines is 1. The summed E-state index contributed by atoms with van der Waals surface area (Å²) in [5.74, 6) is 0.289. The molecule has 0 saturated heterocycles. The van der Waals surface area contributed by atoms with E-state index < -0.39 is 17.4 Å². The first kappa shape index (κ1) is 19.8. The molecule has 1 amide bonds. The molecule has 3 aromatic rings. The number of nitrogens with zero attached hydrogens (tertiary/aromatic N) is 3. The van der Waals surface area contributed by atoms with Gasteiger partial charge in [0.25, 0.3) is 5.91 Å². The van der Waals surface area contributed by atoms with Crippen molar-refractivity contribution in [2.24, 2.45) is 0 Å². The minimum Gasteiger partial charge on any atom is -0.494 e. The number of carbonyl (C=O) groups excluding carboxylic acids is 1. The molecule has 0 atom stereocenters. The van der Waals surface area contributed by atoms with Gasteiger partial charge in [0.05, 0.1) is 11.5 Å². The fraction of sp³-hybridized carbons (Fsp3) is 0.211. The molecule has 3 rings (SSSR count). The van der Waals surface area contributed by atoms with Crippen molar-refractivity contribution in [3.05, 3.63) is 58.1 Å². The lowest BCUT2D eigenvalue weighted by Gasteiger charge is -2.09. The summed E-state index contributed by atoms with van der Waals surface area (Å²) in [7, 11) is 0. The maximum atomic E-state index is 12.2. The maximum Gasteiger partial charge on any atom is 0.310 e. The molecule has 0 aliphatic carbocycles. The van der Waals surface area contributed by atoms with E-state index in [9.17, 15) is 14.9 Å². The Morgan fingerprint density at radius 1 is 1.17 bits per heavy atom. The molecule has 0 unspecified atom stereocenters. The Balaban J connectivity index is 1.69. The Kier molecular flexibility index (Phi) is 6.03. The van der Waals surface area contributed by atoms with Crippen LogP contribution in [0.15, 0.2) is 47.1 Å². The van der Waals surface area contributed by atoms with Gasteiger partial charge in [0.2, 0.25) is 5.82 Å². The predicted molar refractivity (Wildman–Crippen MR) is 103 cm³/mol. The number of aryl methyl sites for hydroxylation is 1. The zero-order valence-corrected chi connectivity index (χ0v) is 15.7. The Morgan fingerprint density at radius 2 is 1.97 bits per heavy atom. The third-order valence-electron chi connectivity index (χ3n) is 3.92. The van der Waals surface area contributed by atoms with Crippen LogP contribution in [0, 0.1) is 17.0 Å². The summed E-state index contributed by atoms with van der Waals surface area (Å²) in [6.07, 6.45) is 0. The number of ether oxygens (including phenoxy) is 2. The topological polar surface area (TPSA) is 130 Å². The second kappa shape index (κ2) is 8.83. The third kappa shape index (κ3) is 4.67. The lowest BCUT2D eigenvalue weighted by Crippen LogP contribution is -2.21. The van der Waals surface area contributed by atoms with Crippen molar-refractivity contribution < 1.29 is 23.8 Å². The molecule has 1 heterocycles.